The van der Waals surface area contributed by atoms with Crippen LogP contribution in [-0.4, -0.2) is 23.9 Å². The smallest absolute Gasteiger partial charge is 0.222 e. The Kier molecular flexibility index (Phi) is 6.68. The van der Waals surface area contributed by atoms with Gasteiger partial charge in [-0.15, -0.1) is 12.4 Å². The number of hydrogen-bond acceptors (Lipinski definition) is 2. The molecule has 0 spiro atoms. The van der Waals surface area contributed by atoms with E-state index in [2.05, 4.69) is 30.3 Å². The zero-order valence-electron chi connectivity index (χ0n) is 13.9. The minimum Gasteiger partial charge on any atom is -0.399 e. The summed E-state index contributed by atoms with van der Waals surface area (Å²) in [5.74, 6) is 0.838. The van der Waals surface area contributed by atoms with E-state index in [1.54, 1.807) is 0 Å². The van der Waals surface area contributed by atoms with Crippen LogP contribution in [0.1, 0.15) is 36.3 Å². The summed E-state index contributed by atoms with van der Waals surface area (Å²) in [5.41, 5.74) is 9.19. The predicted molar refractivity (Wildman–Crippen MR) is 101 cm³/mol. The number of nitrogen functional groups attached to an aromatic ring is 1. The molecule has 0 bridgehead atoms. The zero-order valence-corrected chi connectivity index (χ0v) is 14.7. The number of rotatable bonds is 4. The van der Waals surface area contributed by atoms with E-state index in [-0.39, 0.29) is 18.3 Å². The second kappa shape index (κ2) is 8.74. The van der Waals surface area contributed by atoms with E-state index in [9.17, 15) is 4.79 Å². The van der Waals surface area contributed by atoms with Gasteiger partial charge in [0, 0.05) is 25.2 Å². The zero-order chi connectivity index (χ0) is 16.1. The fraction of sp³-hybridized carbons (Fsp3) is 0.350. The van der Waals surface area contributed by atoms with Gasteiger partial charge < -0.3 is 10.6 Å². The SMILES string of the molecule is Cl.Nc1ccccc1CCC(=O)N1CCC(c2ccccc2)CC1. The van der Waals surface area contributed by atoms with Gasteiger partial charge in [0.05, 0.1) is 0 Å². The second-order valence-corrected chi connectivity index (χ2v) is 6.26. The molecule has 0 saturated carbocycles. The molecule has 3 rings (SSSR count). The summed E-state index contributed by atoms with van der Waals surface area (Å²) in [6, 6.07) is 18.4. The summed E-state index contributed by atoms with van der Waals surface area (Å²) in [7, 11) is 0. The second-order valence-electron chi connectivity index (χ2n) is 6.26. The Morgan fingerprint density at radius 2 is 1.62 bits per heavy atom. The molecule has 1 aliphatic rings. The molecule has 2 N–H and O–H groups in total. The Morgan fingerprint density at radius 1 is 1.00 bits per heavy atom. The van der Waals surface area contributed by atoms with Crippen molar-refractivity contribution in [2.75, 3.05) is 18.8 Å². The Hall–Kier alpha value is -2.00. The van der Waals surface area contributed by atoms with Gasteiger partial charge in [-0.2, -0.15) is 0 Å². The molecule has 0 unspecified atom stereocenters. The predicted octanol–water partition coefficient (Wildman–Crippen LogP) is 4.03. The van der Waals surface area contributed by atoms with E-state index in [4.69, 9.17) is 5.73 Å². The third kappa shape index (κ3) is 4.51. The van der Waals surface area contributed by atoms with Crippen LogP contribution < -0.4 is 5.73 Å². The molecule has 1 amide bonds. The average Bonchev–Trinajstić information content (AvgIpc) is 2.62. The average molecular weight is 345 g/mol. The number of likely N-dealkylation sites (tertiary alicyclic amines) is 1. The highest BCUT2D eigenvalue weighted by Crippen LogP contribution is 2.28. The van der Waals surface area contributed by atoms with Crippen LogP contribution in [0.3, 0.4) is 0 Å². The lowest BCUT2D eigenvalue weighted by Gasteiger charge is -2.32. The molecule has 1 saturated heterocycles. The van der Waals surface area contributed by atoms with Crippen LogP contribution >= 0.6 is 12.4 Å². The van der Waals surface area contributed by atoms with Crippen LogP contribution in [0.4, 0.5) is 5.69 Å². The molecule has 0 aromatic heterocycles. The first kappa shape index (κ1) is 18.3. The largest absolute Gasteiger partial charge is 0.399 e. The molecule has 4 heteroatoms. The number of piperidine rings is 1. The van der Waals surface area contributed by atoms with E-state index in [1.807, 2.05) is 29.2 Å². The van der Waals surface area contributed by atoms with Crippen LogP contribution in [0.15, 0.2) is 54.6 Å². The standard InChI is InChI=1S/C20H24N2O.ClH/c21-19-9-5-4-8-18(19)10-11-20(23)22-14-12-17(13-15-22)16-6-2-1-3-7-16;/h1-9,17H,10-15,21H2;1H. The quantitative estimate of drug-likeness (QED) is 0.851. The first-order valence-electron chi connectivity index (χ1n) is 8.40. The van der Waals surface area contributed by atoms with E-state index in [0.717, 1.165) is 43.6 Å². The fourth-order valence-electron chi connectivity index (χ4n) is 3.35. The Bertz CT molecular complexity index is 652. The highest BCUT2D eigenvalue weighted by atomic mass is 35.5. The summed E-state index contributed by atoms with van der Waals surface area (Å²) in [6.45, 7) is 1.73. The number of amides is 1. The summed E-state index contributed by atoms with van der Waals surface area (Å²) in [5, 5.41) is 0. The Labute approximate surface area is 150 Å². The lowest BCUT2D eigenvalue weighted by atomic mass is 9.89. The van der Waals surface area contributed by atoms with Crippen LogP contribution in [0, 0.1) is 0 Å². The number of aryl methyl sites for hydroxylation is 1. The van der Waals surface area contributed by atoms with Crippen molar-refractivity contribution in [3.05, 3.63) is 65.7 Å². The van der Waals surface area contributed by atoms with Crippen molar-refractivity contribution in [2.24, 2.45) is 0 Å². The van der Waals surface area contributed by atoms with Crippen molar-refractivity contribution in [1.82, 2.24) is 4.90 Å². The minimum atomic E-state index is 0. The van der Waals surface area contributed by atoms with Gasteiger partial charge in [0.2, 0.25) is 5.91 Å². The van der Waals surface area contributed by atoms with Gasteiger partial charge in [0.1, 0.15) is 0 Å². The lowest BCUT2D eigenvalue weighted by Crippen LogP contribution is -2.38. The molecular formula is C20H25ClN2O. The van der Waals surface area contributed by atoms with Crippen LogP contribution in [0.2, 0.25) is 0 Å². The number of nitrogens with two attached hydrogens (primary N) is 1. The summed E-state index contributed by atoms with van der Waals surface area (Å²) in [6.07, 6.45) is 3.39. The van der Waals surface area contributed by atoms with E-state index >= 15 is 0 Å². The third-order valence-corrected chi connectivity index (χ3v) is 4.78. The molecule has 1 aliphatic heterocycles. The first-order valence-corrected chi connectivity index (χ1v) is 8.40. The molecule has 2 aromatic carbocycles. The topological polar surface area (TPSA) is 46.3 Å². The number of nitrogens with zero attached hydrogens (tertiary/aromatic N) is 1. The third-order valence-electron chi connectivity index (χ3n) is 4.78. The number of hydrogen-bond donors (Lipinski definition) is 1. The molecule has 1 heterocycles. The Balaban J connectivity index is 0.00000208. The van der Waals surface area contributed by atoms with Crippen molar-refractivity contribution in [2.45, 2.75) is 31.6 Å². The van der Waals surface area contributed by atoms with Crippen molar-refractivity contribution >= 4 is 24.0 Å². The molecule has 128 valence electrons. The summed E-state index contributed by atoms with van der Waals surface area (Å²) in [4.78, 5) is 14.4. The molecule has 0 radical (unpaired) electrons. The summed E-state index contributed by atoms with van der Waals surface area (Å²) >= 11 is 0. The van der Waals surface area contributed by atoms with Crippen molar-refractivity contribution in [3.8, 4) is 0 Å². The molecule has 24 heavy (non-hydrogen) atoms. The van der Waals surface area contributed by atoms with Crippen LogP contribution in [0.5, 0.6) is 0 Å². The van der Waals surface area contributed by atoms with Gasteiger partial charge in [-0.25, -0.2) is 0 Å². The Morgan fingerprint density at radius 3 is 2.29 bits per heavy atom. The van der Waals surface area contributed by atoms with Crippen LogP contribution in [-0.2, 0) is 11.2 Å². The molecular weight excluding hydrogens is 320 g/mol. The number of benzene rings is 2. The minimum absolute atomic E-state index is 0. The van der Waals surface area contributed by atoms with Crippen molar-refractivity contribution in [1.29, 1.82) is 0 Å². The van der Waals surface area contributed by atoms with Crippen molar-refractivity contribution < 1.29 is 4.79 Å². The number of para-hydroxylation sites is 1. The maximum atomic E-state index is 12.4. The first-order chi connectivity index (χ1) is 11.2. The lowest BCUT2D eigenvalue weighted by molar-refractivity contribution is -0.132. The number of carbonyl (C=O) groups excluding carboxylic acids is 1. The molecule has 3 nitrogen and oxygen atoms in total. The fourth-order valence-corrected chi connectivity index (χ4v) is 3.35. The van der Waals surface area contributed by atoms with Crippen molar-refractivity contribution in [3.63, 3.8) is 0 Å². The summed E-state index contributed by atoms with van der Waals surface area (Å²) < 4.78 is 0. The van der Waals surface area contributed by atoms with Gasteiger partial charge in [-0.1, -0.05) is 48.5 Å². The molecule has 1 fully saturated rings. The van der Waals surface area contributed by atoms with Gasteiger partial charge in [-0.05, 0) is 42.4 Å². The van der Waals surface area contributed by atoms with Gasteiger partial charge >= 0.3 is 0 Å². The van der Waals surface area contributed by atoms with E-state index < -0.39 is 0 Å². The number of anilines is 1. The number of carbonyl (C=O) groups is 1. The highest BCUT2D eigenvalue weighted by Gasteiger charge is 2.23. The highest BCUT2D eigenvalue weighted by molar-refractivity contribution is 5.85. The van der Waals surface area contributed by atoms with E-state index in [1.165, 1.54) is 5.56 Å². The van der Waals surface area contributed by atoms with Gasteiger partial charge in [-0.3, -0.25) is 4.79 Å². The van der Waals surface area contributed by atoms with Crippen LogP contribution in [0.25, 0.3) is 0 Å². The van der Waals surface area contributed by atoms with Gasteiger partial charge in [0.15, 0.2) is 0 Å². The van der Waals surface area contributed by atoms with E-state index in [0.29, 0.717) is 12.3 Å². The maximum absolute atomic E-state index is 12.4. The molecule has 2 aromatic rings. The monoisotopic (exact) mass is 344 g/mol. The number of halogens is 1. The maximum Gasteiger partial charge on any atom is 0.222 e. The molecule has 0 atom stereocenters. The van der Waals surface area contributed by atoms with Gasteiger partial charge in [0.25, 0.3) is 0 Å². The normalized spacial score (nSPS) is 14.9. The molecule has 0 aliphatic carbocycles.